The average molecular weight is 201 g/mol. The lowest BCUT2D eigenvalue weighted by Gasteiger charge is -2.11. The zero-order valence-corrected chi connectivity index (χ0v) is 8.32. The van der Waals surface area contributed by atoms with Crippen LogP contribution in [0.1, 0.15) is 19.8 Å². The average Bonchev–Trinajstić information content (AvgIpc) is 2.51. The van der Waals surface area contributed by atoms with Crippen LogP contribution in [0.3, 0.4) is 0 Å². The van der Waals surface area contributed by atoms with Crippen molar-refractivity contribution in [2.24, 2.45) is 0 Å². The smallest absolute Gasteiger partial charge is 0.409 e. The molecule has 0 atom stereocenters. The first-order valence-corrected chi connectivity index (χ1v) is 4.75. The Kier molecular flexibility index (Phi) is 4.22. The zero-order valence-electron chi connectivity index (χ0n) is 8.32. The summed E-state index contributed by atoms with van der Waals surface area (Å²) in [7, 11) is 0. The summed E-state index contributed by atoms with van der Waals surface area (Å²) < 4.78 is 9.52. The molecule has 14 heavy (non-hydrogen) atoms. The van der Waals surface area contributed by atoms with E-state index in [-0.39, 0.29) is 12.1 Å². The number of carbonyl (C=O) groups is 2. The fourth-order valence-corrected chi connectivity index (χ4v) is 1.25. The van der Waals surface area contributed by atoms with Gasteiger partial charge in [0.25, 0.3) is 0 Å². The van der Waals surface area contributed by atoms with Gasteiger partial charge < -0.3 is 14.4 Å². The molecule has 1 aliphatic rings. The largest absolute Gasteiger partial charge is 0.466 e. The summed E-state index contributed by atoms with van der Waals surface area (Å²) in [6, 6.07) is 0. The SMILES string of the molecule is CC(=O)OCCCCN1CCOC1=O. The van der Waals surface area contributed by atoms with Gasteiger partial charge in [0.1, 0.15) is 6.61 Å². The van der Waals surface area contributed by atoms with Crippen molar-refractivity contribution in [2.45, 2.75) is 19.8 Å². The number of carbonyl (C=O) groups excluding carboxylic acids is 2. The van der Waals surface area contributed by atoms with E-state index in [1.165, 1.54) is 6.92 Å². The van der Waals surface area contributed by atoms with Crippen molar-refractivity contribution in [2.75, 3.05) is 26.3 Å². The minimum absolute atomic E-state index is 0.238. The third-order valence-electron chi connectivity index (χ3n) is 1.97. The van der Waals surface area contributed by atoms with E-state index in [1.807, 2.05) is 0 Å². The third kappa shape index (κ3) is 3.64. The topological polar surface area (TPSA) is 55.8 Å². The summed E-state index contributed by atoms with van der Waals surface area (Å²) in [5.74, 6) is -0.259. The molecule has 1 fully saturated rings. The van der Waals surface area contributed by atoms with Crippen molar-refractivity contribution >= 4 is 12.1 Å². The Morgan fingerprint density at radius 3 is 2.93 bits per heavy atom. The molecule has 0 radical (unpaired) electrons. The highest BCUT2D eigenvalue weighted by atomic mass is 16.6. The van der Waals surface area contributed by atoms with Crippen molar-refractivity contribution in [1.82, 2.24) is 4.90 Å². The van der Waals surface area contributed by atoms with Crippen LogP contribution >= 0.6 is 0 Å². The molecule has 5 heteroatoms. The fourth-order valence-electron chi connectivity index (χ4n) is 1.25. The summed E-state index contributed by atoms with van der Waals surface area (Å²) in [6.07, 6.45) is 1.38. The van der Waals surface area contributed by atoms with E-state index in [2.05, 4.69) is 0 Å². The van der Waals surface area contributed by atoms with Gasteiger partial charge in [-0.2, -0.15) is 0 Å². The van der Waals surface area contributed by atoms with Crippen LogP contribution in [-0.2, 0) is 14.3 Å². The first-order valence-electron chi connectivity index (χ1n) is 4.75. The molecule has 0 aromatic heterocycles. The number of amides is 1. The lowest BCUT2D eigenvalue weighted by Crippen LogP contribution is -2.25. The monoisotopic (exact) mass is 201 g/mol. The first kappa shape index (κ1) is 10.8. The molecule has 0 aliphatic carbocycles. The van der Waals surface area contributed by atoms with E-state index in [0.29, 0.717) is 26.3 Å². The molecule has 80 valence electrons. The summed E-state index contributed by atoms with van der Waals surface area (Å²) in [6.45, 7) is 3.66. The molecule has 0 unspecified atom stereocenters. The molecule has 5 nitrogen and oxygen atoms in total. The maximum atomic E-state index is 11.0. The van der Waals surface area contributed by atoms with Gasteiger partial charge in [-0.3, -0.25) is 4.79 Å². The molecule has 0 spiro atoms. The van der Waals surface area contributed by atoms with E-state index >= 15 is 0 Å². The van der Waals surface area contributed by atoms with Gasteiger partial charge in [-0.15, -0.1) is 0 Å². The van der Waals surface area contributed by atoms with Gasteiger partial charge >= 0.3 is 12.1 Å². The molecule has 0 aromatic carbocycles. The Bertz CT molecular complexity index is 217. The number of cyclic esters (lactones) is 1. The van der Waals surface area contributed by atoms with E-state index in [4.69, 9.17) is 9.47 Å². The van der Waals surface area contributed by atoms with Gasteiger partial charge in [0.15, 0.2) is 0 Å². The quantitative estimate of drug-likeness (QED) is 0.487. The Balaban J connectivity index is 1.98. The maximum Gasteiger partial charge on any atom is 0.409 e. The normalized spacial score (nSPS) is 15.5. The van der Waals surface area contributed by atoms with E-state index < -0.39 is 0 Å². The second-order valence-corrected chi connectivity index (χ2v) is 3.15. The Morgan fingerprint density at radius 2 is 2.36 bits per heavy atom. The third-order valence-corrected chi connectivity index (χ3v) is 1.97. The van der Waals surface area contributed by atoms with Crippen LogP contribution in [0, 0.1) is 0 Å². The fraction of sp³-hybridized carbons (Fsp3) is 0.778. The zero-order chi connectivity index (χ0) is 10.4. The van der Waals surface area contributed by atoms with Crippen molar-refractivity contribution in [3.05, 3.63) is 0 Å². The van der Waals surface area contributed by atoms with Gasteiger partial charge in [-0.05, 0) is 12.8 Å². The highest BCUT2D eigenvalue weighted by molar-refractivity contribution is 5.69. The van der Waals surface area contributed by atoms with Crippen molar-refractivity contribution in [3.8, 4) is 0 Å². The number of esters is 1. The Morgan fingerprint density at radius 1 is 1.57 bits per heavy atom. The van der Waals surface area contributed by atoms with Gasteiger partial charge in [-0.25, -0.2) is 4.79 Å². The molecule has 1 amide bonds. The van der Waals surface area contributed by atoms with E-state index in [9.17, 15) is 9.59 Å². The molecule has 0 bridgehead atoms. The number of ether oxygens (including phenoxy) is 2. The van der Waals surface area contributed by atoms with Gasteiger partial charge in [0, 0.05) is 13.5 Å². The number of rotatable bonds is 5. The van der Waals surface area contributed by atoms with Crippen LogP contribution in [0.4, 0.5) is 4.79 Å². The minimum atomic E-state index is -0.259. The molecule has 1 aliphatic heterocycles. The van der Waals surface area contributed by atoms with Crippen molar-refractivity contribution in [1.29, 1.82) is 0 Å². The molecule has 1 rings (SSSR count). The first-order chi connectivity index (χ1) is 6.70. The van der Waals surface area contributed by atoms with Crippen LogP contribution < -0.4 is 0 Å². The highest BCUT2D eigenvalue weighted by Crippen LogP contribution is 2.04. The lowest BCUT2D eigenvalue weighted by atomic mass is 10.3. The highest BCUT2D eigenvalue weighted by Gasteiger charge is 2.20. The standard InChI is InChI=1S/C9H15NO4/c1-8(11)13-6-3-2-4-10-5-7-14-9(10)12/h2-7H2,1H3. The number of hydrogen-bond acceptors (Lipinski definition) is 4. The molecule has 0 N–H and O–H groups in total. The summed E-state index contributed by atoms with van der Waals surface area (Å²) in [4.78, 5) is 23.0. The van der Waals surface area contributed by atoms with Gasteiger partial charge in [0.2, 0.25) is 0 Å². The molecule has 0 aromatic rings. The summed E-state index contributed by atoms with van der Waals surface area (Å²) in [5, 5.41) is 0. The predicted molar refractivity (Wildman–Crippen MR) is 48.8 cm³/mol. The number of hydrogen-bond donors (Lipinski definition) is 0. The van der Waals surface area contributed by atoms with Gasteiger partial charge in [-0.1, -0.05) is 0 Å². The Labute approximate surface area is 83.0 Å². The predicted octanol–water partition coefficient (Wildman–Crippen LogP) is 0.782. The summed E-state index contributed by atoms with van der Waals surface area (Å²) in [5.41, 5.74) is 0. The molecular formula is C9H15NO4. The summed E-state index contributed by atoms with van der Waals surface area (Å²) >= 11 is 0. The van der Waals surface area contributed by atoms with E-state index in [1.54, 1.807) is 4.90 Å². The van der Waals surface area contributed by atoms with Crippen LogP contribution in [0.25, 0.3) is 0 Å². The number of unbranched alkanes of at least 4 members (excludes halogenated alkanes) is 1. The number of nitrogens with zero attached hydrogens (tertiary/aromatic N) is 1. The van der Waals surface area contributed by atoms with Crippen molar-refractivity contribution in [3.63, 3.8) is 0 Å². The van der Waals surface area contributed by atoms with Crippen LogP contribution in [0.15, 0.2) is 0 Å². The second-order valence-electron chi connectivity index (χ2n) is 3.15. The maximum absolute atomic E-state index is 11.0. The molecule has 1 saturated heterocycles. The van der Waals surface area contributed by atoms with Gasteiger partial charge in [0.05, 0.1) is 13.2 Å². The molecular weight excluding hydrogens is 186 g/mol. The second kappa shape index (κ2) is 5.47. The lowest BCUT2D eigenvalue weighted by molar-refractivity contribution is -0.141. The van der Waals surface area contributed by atoms with Crippen LogP contribution in [0.2, 0.25) is 0 Å². The van der Waals surface area contributed by atoms with Crippen molar-refractivity contribution < 1.29 is 19.1 Å². The Hall–Kier alpha value is -1.26. The van der Waals surface area contributed by atoms with Crippen LogP contribution in [0.5, 0.6) is 0 Å². The molecule has 0 saturated carbocycles. The van der Waals surface area contributed by atoms with Crippen LogP contribution in [-0.4, -0.2) is 43.3 Å². The molecule has 1 heterocycles. The minimum Gasteiger partial charge on any atom is -0.466 e. The van der Waals surface area contributed by atoms with E-state index in [0.717, 1.165) is 12.8 Å².